The van der Waals surface area contributed by atoms with Crippen molar-refractivity contribution in [3.05, 3.63) is 35.6 Å². The summed E-state index contributed by atoms with van der Waals surface area (Å²) in [4.78, 5) is 14.0. The van der Waals surface area contributed by atoms with Gasteiger partial charge in [-0.2, -0.15) is 0 Å². The fourth-order valence-electron chi connectivity index (χ4n) is 3.28. The van der Waals surface area contributed by atoms with Gasteiger partial charge in [0.15, 0.2) is 0 Å². The van der Waals surface area contributed by atoms with Crippen molar-refractivity contribution in [3.8, 4) is 11.3 Å². The third-order valence-electron chi connectivity index (χ3n) is 4.97. The summed E-state index contributed by atoms with van der Waals surface area (Å²) in [7, 11) is 0.258. The summed E-state index contributed by atoms with van der Waals surface area (Å²) in [6, 6.07) is 6.91. The highest BCUT2D eigenvalue weighted by molar-refractivity contribution is 6.58. The van der Waals surface area contributed by atoms with Crippen LogP contribution < -0.4 is 5.46 Å². The average Bonchev–Trinajstić information content (AvgIpc) is 3.29. The van der Waals surface area contributed by atoms with Gasteiger partial charge >= 0.3 is 13.2 Å². The molecule has 0 radical (unpaired) electrons. The zero-order valence-electron chi connectivity index (χ0n) is 15.0. The molecule has 1 amide bonds. The Morgan fingerprint density at radius 1 is 1.31 bits per heavy atom. The van der Waals surface area contributed by atoms with Crippen LogP contribution >= 0.6 is 0 Å². The molecule has 0 bridgehead atoms. The Labute approximate surface area is 152 Å². The van der Waals surface area contributed by atoms with Crippen molar-refractivity contribution in [2.45, 2.75) is 45.3 Å². The number of carbonyl (C=O) groups is 1. The first kappa shape index (κ1) is 18.5. The van der Waals surface area contributed by atoms with Gasteiger partial charge in [-0.15, -0.1) is 0 Å². The number of hydrogen-bond acceptors (Lipinski definition) is 6. The largest absolute Gasteiger partial charge is 0.488 e. The predicted molar refractivity (Wildman–Crippen MR) is 96.7 cm³/mol. The maximum atomic E-state index is 12.3. The first-order valence-corrected chi connectivity index (χ1v) is 8.78. The van der Waals surface area contributed by atoms with Crippen molar-refractivity contribution in [1.82, 2.24) is 10.1 Å². The maximum Gasteiger partial charge on any atom is 0.488 e. The van der Waals surface area contributed by atoms with Crippen LogP contribution in [0.1, 0.15) is 37.0 Å². The summed E-state index contributed by atoms with van der Waals surface area (Å²) in [5.74, 6) is 0.586. The minimum absolute atomic E-state index is 0.0743. The quantitative estimate of drug-likeness (QED) is 0.792. The first-order chi connectivity index (χ1) is 12.5. The van der Waals surface area contributed by atoms with Crippen LogP contribution in [0.2, 0.25) is 0 Å². The highest BCUT2D eigenvalue weighted by atomic mass is 16.6. The van der Waals surface area contributed by atoms with E-state index >= 15 is 0 Å². The summed E-state index contributed by atoms with van der Waals surface area (Å²) in [6.45, 7) is 1.84. The molecule has 2 N–H and O–H groups in total. The van der Waals surface area contributed by atoms with E-state index in [1.54, 1.807) is 43.1 Å². The Hall–Kier alpha value is -2.32. The van der Waals surface area contributed by atoms with Crippen molar-refractivity contribution in [2.24, 2.45) is 0 Å². The number of hydrogen-bond donors (Lipinski definition) is 2. The number of aromatic nitrogens is 1. The van der Waals surface area contributed by atoms with E-state index in [1.165, 1.54) is 0 Å². The molecule has 1 saturated carbocycles. The molecule has 1 aliphatic rings. The first-order valence-electron chi connectivity index (χ1n) is 8.78. The van der Waals surface area contributed by atoms with E-state index in [0.717, 1.165) is 31.2 Å². The second kappa shape index (κ2) is 7.93. The molecule has 1 aromatic heterocycles. The molecule has 2 aromatic rings. The fraction of sp³-hybridized carbons (Fsp3) is 0.444. The molecular formula is C18H23BN2O5. The topological polar surface area (TPSA) is 96.0 Å². The highest BCUT2D eigenvalue weighted by Gasteiger charge is 2.25. The summed E-state index contributed by atoms with van der Waals surface area (Å²) < 4.78 is 10.7. The molecule has 7 nitrogen and oxygen atoms in total. The lowest BCUT2D eigenvalue weighted by Gasteiger charge is -2.23. The molecule has 0 aliphatic heterocycles. The molecule has 1 fully saturated rings. The highest BCUT2D eigenvalue weighted by Crippen LogP contribution is 2.27. The predicted octanol–water partition coefficient (Wildman–Crippen LogP) is 1.84. The van der Waals surface area contributed by atoms with Crippen LogP contribution in [0, 0.1) is 6.92 Å². The average molecular weight is 358 g/mol. The lowest BCUT2D eigenvalue weighted by Crippen LogP contribution is -2.35. The van der Waals surface area contributed by atoms with Crippen molar-refractivity contribution < 1.29 is 24.1 Å². The van der Waals surface area contributed by atoms with Gasteiger partial charge < -0.3 is 24.2 Å². The summed E-state index contributed by atoms with van der Waals surface area (Å²) in [6.07, 6.45) is 3.99. The van der Waals surface area contributed by atoms with Crippen LogP contribution in [-0.4, -0.2) is 46.4 Å². The number of ether oxygens (including phenoxy) is 1. The van der Waals surface area contributed by atoms with Gasteiger partial charge in [-0.3, -0.25) is 0 Å². The molecule has 138 valence electrons. The molecule has 0 spiro atoms. The van der Waals surface area contributed by atoms with Gasteiger partial charge in [0.1, 0.15) is 18.1 Å². The Balaban J connectivity index is 1.70. The number of nitrogens with zero attached hydrogens (tertiary/aromatic N) is 2. The third-order valence-corrected chi connectivity index (χ3v) is 4.97. The third kappa shape index (κ3) is 3.91. The molecule has 0 unspecified atom stereocenters. The Morgan fingerprint density at radius 2 is 1.96 bits per heavy atom. The molecule has 3 rings (SSSR count). The monoisotopic (exact) mass is 358 g/mol. The van der Waals surface area contributed by atoms with Crippen molar-refractivity contribution >= 4 is 18.7 Å². The van der Waals surface area contributed by atoms with Crippen LogP contribution in [0.25, 0.3) is 11.3 Å². The normalized spacial score (nSPS) is 14.5. The van der Waals surface area contributed by atoms with Gasteiger partial charge in [-0.25, -0.2) is 4.79 Å². The molecular weight excluding hydrogens is 335 g/mol. The van der Waals surface area contributed by atoms with Gasteiger partial charge in [0, 0.05) is 18.7 Å². The molecule has 1 aliphatic carbocycles. The van der Waals surface area contributed by atoms with Crippen molar-refractivity contribution in [2.75, 3.05) is 7.05 Å². The molecule has 0 atom stereocenters. The van der Waals surface area contributed by atoms with Gasteiger partial charge in [-0.1, -0.05) is 42.3 Å². The van der Waals surface area contributed by atoms with E-state index in [-0.39, 0.29) is 18.7 Å². The van der Waals surface area contributed by atoms with Crippen LogP contribution in [0.15, 0.2) is 28.8 Å². The Bertz CT molecular complexity index is 753. The molecule has 0 saturated heterocycles. The number of carbonyl (C=O) groups excluding carboxylic acids is 1. The second-order valence-electron chi connectivity index (χ2n) is 6.67. The molecule has 1 heterocycles. The van der Waals surface area contributed by atoms with Crippen molar-refractivity contribution in [1.29, 1.82) is 0 Å². The zero-order valence-corrected chi connectivity index (χ0v) is 15.0. The van der Waals surface area contributed by atoms with E-state index in [2.05, 4.69) is 5.16 Å². The smallest absolute Gasteiger partial charge is 0.444 e. The number of amides is 1. The van der Waals surface area contributed by atoms with E-state index in [9.17, 15) is 14.8 Å². The molecule has 1 aromatic carbocycles. The SMILES string of the molecule is Cc1onc(-c2ccc(B(O)O)cc2)c1COC(=O)N(C)C1CCCC1. The summed E-state index contributed by atoms with van der Waals surface area (Å²) in [5, 5.41) is 22.4. The molecule has 8 heteroatoms. The standard InChI is InChI=1S/C18H23BN2O5/c1-12-16(11-25-18(22)21(2)15-5-3-4-6-15)17(20-26-12)13-7-9-14(10-8-13)19(23)24/h7-10,15,23-24H,3-6,11H2,1-2H3. The second-order valence-corrected chi connectivity index (χ2v) is 6.67. The van der Waals surface area contributed by atoms with E-state index < -0.39 is 7.12 Å². The minimum atomic E-state index is -1.52. The van der Waals surface area contributed by atoms with E-state index in [1.807, 2.05) is 0 Å². The number of aryl methyl sites for hydroxylation is 1. The van der Waals surface area contributed by atoms with Gasteiger partial charge in [-0.05, 0) is 25.2 Å². The lowest BCUT2D eigenvalue weighted by molar-refractivity contribution is 0.0915. The van der Waals surface area contributed by atoms with E-state index in [0.29, 0.717) is 22.5 Å². The summed E-state index contributed by atoms with van der Waals surface area (Å²) in [5.41, 5.74) is 2.43. The minimum Gasteiger partial charge on any atom is -0.444 e. The Morgan fingerprint density at radius 3 is 2.58 bits per heavy atom. The van der Waals surface area contributed by atoms with E-state index in [4.69, 9.17) is 9.26 Å². The molecule has 26 heavy (non-hydrogen) atoms. The maximum absolute atomic E-state index is 12.3. The lowest BCUT2D eigenvalue weighted by atomic mass is 9.80. The zero-order chi connectivity index (χ0) is 18.7. The van der Waals surface area contributed by atoms with Crippen molar-refractivity contribution in [3.63, 3.8) is 0 Å². The van der Waals surface area contributed by atoms with Gasteiger partial charge in [0.2, 0.25) is 0 Å². The number of benzene rings is 1. The van der Waals surface area contributed by atoms with Crippen LogP contribution in [-0.2, 0) is 11.3 Å². The number of rotatable bonds is 5. The van der Waals surface area contributed by atoms with Crippen LogP contribution in [0.5, 0.6) is 0 Å². The summed E-state index contributed by atoms with van der Waals surface area (Å²) >= 11 is 0. The van der Waals surface area contributed by atoms with Crippen LogP contribution in [0.3, 0.4) is 0 Å². The van der Waals surface area contributed by atoms with Gasteiger partial charge in [0.25, 0.3) is 0 Å². The van der Waals surface area contributed by atoms with Crippen LogP contribution in [0.4, 0.5) is 4.79 Å². The Kier molecular flexibility index (Phi) is 5.63. The fourth-order valence-corrected chi connectivity index (χ4v) is 3.28. The van der Waals surface area contributed by atoms with Gasteiger partial charge in [0.05, 0.1) is 5.56 Å².